The molecule has 0 atom stereocenters. The van der Waals surface area contributed by atoms with Gasteiger partial charge in [-0.25, -0.2) is 4.98 Å². The number of rotatable bonds is 2. The Morgan fingerprint density at radius 3 is 2.85 bits per heavy atom. The quantitative estimate of drug-likeness (QED) is 0.673. The molecule has 0 aliphatic heterocycles. The molecule has 0 aliphatic rings. The molecule has 68 valence electrons. The number of fused-ring (bicyclic) bond motifs is 1. The van der Waals surface area contributed by atoms with Gasteiger partial charge in [0.25, 0.3) is 0 Å². The van der Waals surface area contributed by atoms with Crippen LogP contribution in [0.5, 0.6) is 5.88 Å². The van der Waals surface area contributed by atoms with Gasteiger partial charge in [-0.3, -0.25) is 0 Å². The minimum atomic E-state index is 0.572. The Labute approximate surface area is 74.9 Å². The largest absolute Gasteiger partial charge is 0.481 e. The summed E-state index contributed by atoms with van der Waals surface area (Å²) in [6.45, 7) is 0. The third kappa shape index (κ3) is 1.18. The van der Waals surface area contributed by atoms with Crippen LogP contribution in [0.1, 0.15) is 0 Å². The summed E-state index contributed by atoms with van der Waals surface area (Å²) in [6.07, 6.45) is 3.35. The average molecular weight is 179 g/mol. The molecule has 0 aromatic carbocycles. The molecule has 2 aromatic heterocycles. The highest BCUT2D eigenvalue weighted by atomic mass is 16.7. The number of hydrogen-bond acceptors (Lipinski definition) is 4. The van der Waals surface area contributed by atoms with Crippen LogP contribution in [-0.2, 0) is 0 Å². The van der Waals surface area contributed by atoms with Gasteiger partial charge in [-0.15, -0.1) is 5.10 Å². The van der Waals surface area contributed by atoms with E-state index >= 15 is 0 Å². The van der Waals surface area contributed by atoms with Crippen LogP contribution in [-0.4, -0.2) is 29.1 Å². The predicted molar refractivity (Wildman–Crippen MR) is 46.6 cm³/mol. The van der Waals surface area contributed by atoms with Gasteiger partial charge in [0.05, 0.1) is 19.5 Å². The van der Waals surface area contributed by atoms with Gasteiger partial charge in [-0.05, 0) is 0 Å². The van der Waals surface area contributed by atoms with Crippen molar-refractivity contribution in [2.24, 2.45) is 0 Å². The van der Waals surface area contributed by atoms with E-state index in [1.54, 1.807) is 32.7 Å². The van der Waals surface area contributed by atoms with Crippen LogP contribution >= 0.6 is 0 Å². The van der Waals surface area contributed by atoms with Crippen molar-refractivity contribution in [2.75, 3.05) is 14.2 Å². The molecule has 0 saturated heterocycles. The van der Waals surface area contributed by atoms with E-state index in [0.717, 1.165) is 10.9 Å². The van der Waals surface area contributed by atoms with Gasteiger partial charge in [0.1, 0.15) is 12.6 Å². The van der Waals surface area contributed by atoms with Crippen LogP contribution in [0.2, 0.25) is 0 Å². The molecule has 2 aromatic rings. The minimum Gasteiger partial charge on any atom is -0.481 e. The van der Waals surface area contributed by atoms with Crippen LogP contribution in [0, 0.1) is 0 Å². The predicted octanol–water partition coefficient (Wildman–Crippen LogP) is 0.498. The topological polar surface area (TPSA) is 49.2 Å². The lowest BCUT2D eigenvalue weighted by atomic mass is 10.3. The minimum absolute atomic E-state index is 0.572. The van der Waals surface area contributed by atoms with E-state index < -0.39 is 0 Å². The van der Waals surface area contributed by atoms with E-state index in [1.165, 1.54) is 4.85 Å². The lowest BCUT2D eigenvalue weighted by Crippen LogP contribution is -2.06. The van der Waals surface area contributed by atoms with Crippen LogP contribution in [0.3, 0.4) is 0 Å². The van der Waals surface area contributed by atoms with Crippen molar-refractivity contribution in [3.63, 3.8) is 0 Å². The molecule has 0 radical (unpaired) electrons. The number of hydrogen-bond donors (Lipinski definition) is 0. The van der Waals surface area contributed by atoms with Crippen molar-refractivity contribution in [2.45, 2.75) is 0 Å². The van der Waals surface area contributed by atoms with Gasteiger partial charge in [0.2, 0.25) is 5.88 Å². The molecule has 2 rings (SSSR count). The first-order valence-corrected chi connectivity index (χ1v) is 3.77. The Balaban J connectivity index is 2.61. The summed E-state index contributed by atoms with van der Waals surface area (Å²) >= 11 is 0. The van der Waals surface area contributed by atoms with Crippen molar-refractivity contribution in [3.05, 3.63) is 18.5 Å². The Morgan fingerprint density at radius 2 is 2.15 bits per heavy atom. The summed E-state index contributed by atoms with van der Waals surface area (Å²) in [5.74, 6) is 0.572. The standard InChI is InChI=1S/C8H9N3O2/c1-12-8-3-6-4-10-11(13-2)7(6)5-9-8/h3-5H,1-2H3. The van der Waals surface area contributed by atoms with Crippen molar-refractivity contribution in [1.29, 1.82) is 0 Å². The maximum atomic E-state index is 4.98. The van der Waals surface area contributed by atoms with E-state index in [1.807, 2.05) is 0 Å². The Kier molecular flexibility index (Phi) is 1.77. The molecule has 5 heteroatoms. The zero-order valence-corrected chi connectivity index (χ0v) is 7.39. The number of ether oxygens (including phenoxy) is 1. The molecule has 0 spiro atoms. The molecule has 0 unspecified atom stereocenters. The average Bonchev–Trinajstić information content (AvgIpc) is 2.59. The van der Waals surface area contributed by atoms with Crippen molar-refractivity contribution in [1.82, 2.24) is 14.9 Å². The first-order chi connectivity index (χ1) is 6.35. The smallest absolute Gasteiger partial charge is 0.213 e. The lowest BCUT2D eigenvalue weighted by Gasteiger charge is -2.00. The van der Waals surface area contributed by atoms with E-state index in [2.05, 4.69) is 10.1 Å². The van der Waals surface area contributed by atoms with E-state index in [-0.39, 0.29) is 0 Å². The fourth-order valence-corrected chi connectivity index (χ4v) is 1.14. The molecule has 0 bridgehead atoms. The summed E-state index contributed by atoms with van der Waals surface area (Å²) in [6, 6.07) is 1.80. The summed E-state index contributed by atoms with van der Waals surface area (Å²) < 4.78 is 4.98. The molecular formula is C8H9N3O2. The zero-order valence-electron chi connectivity index (χ0n) is 7.39. The summed E-state index contributed by atoms with van der Waals surface area (Å²) in [5.41, 5.74) is 0.823. The zero-order chi connectivity index (χ0) is 9.26. The Bertz CT molecular complexity index is 424. The second-order valence-electron chi connectivity index (χ2n) is 2.49. The number of nitrogens with zero attached hydrogens (tertiary/aromatic N) is 3. The number of pyridine rings is 1. The fraction of sp³-hybridized carbons (Fsp3) is 0.250. The second kappa shape index (κ2) is 2.93. The van der Waals surface area contributed by atoms with Gasteiger partial charge in [0, 0.05) is 11.5 Å². The van der Waals surface area contributed by atoms with Gasteiger partial charge in [-0.2, -0.15) is 0 Å². The molecule has 2 heterocycles. The first kappa shape index (κ1) is 7.85. The Hall–Kier alpha value is -1.78. The summed E-state index contributed by atoms with van der Waals surface area (Å²) in [5, 5.41) is 4.93. The summed E-state index contributed by atoms with van der Waals surface area (Å²) in [7, 11) is 3.13. The van der Waals surface area contributed by atoms with Crippen LogP contribution in [0.4, 0.5) is 0 Å². The van der Waals surface area contributed by atoms with E-state index in [0.29, 0.717) is 5.88 Å². The highest BCUT2D eigenvalue weighted by molar-refractivity contribution is 5.78. The second-order valence-corrected chi connectivity index (χ2v) is 2.49. The molecule has 5 nitrogen and oxygen atoms in total. The normalized spacial score (nSPS) is 10.3. The van der Waals surface area contributed by atoms with E-state index in [4.69, 9.17) is 9.57 Å². The lowest BCUT2D eigenvalue weighted by molar-refractivity contribution is 0.145. The molecule has 0 saturated carbocycles. The van der Waals surface area contributed by atoms with E-state index in [9.17, 15) is 0 Å². The molecular weight excluding hydrogens is 170 g/mol. The maximum Gasteiger partial charge on any atom is 0.213 e. The molecule has 0 N–H and O–H groups in total. The third-order valence-electron chi connectivity index (χ3n) is 1.78. The monoisotopic (exact) mass is 179 g/mol. The van der Waals surface area contributed by atoms with Crippen LogP contribution < -0.4 is 9.57 Å². The molecule has 13 heavy (non-hydrogen) atoms. The van der Waals surface area contributed by atoms with Gasteiger partial charge in [0.15, 0.2) is 0 Å². The van der Waals surface area contributed by atoms with Crippen LogP contribution in [0.25, 0.3) is 10.9 Å². The molecule has 0 amide bonds. The SMILES string of the molecule is COc1cc2cnn(OC)c2cn1. The number of aromatic nitrogens is 3. The van der Waals surface area contributed by atoms with Crippen molar-refractivity contribution in [3.8, 4) is 5.88 Å². The van der Waals surface area contributed by atoms with Gasteiger partial charge in [-0.1, -0.05) is 4.85 Å². The number of methoxy groups -OCH3 is 1. The molecule has 0 aliphatic carbocycles. The van der Waals surface area contributed by atoms with Crippen molar-refractivity contribution >= 4 is 10.9 Å². The maximum absolute atomic E-state index is 4.98. The molecule has 0 fully saturated rings. The van der Waals surface area contributed by atoms with Crippen LogP contribution in [0.15, 0.2) is 18.5 Å². The van der Waals surface area contributed by atoms with Gasteiger partial charge < -0.3 is 9.57 Å². The highest BCUT2D eigenvalue weighted by Gasteiger charge is 2.03. The first-order valence-electron chi connectivity index (χ1n) is 3.77. The van der Waals surface area contributed by atoms with Crippen molar-refractivity contribution < 1.29 is 9.57 Å². The summed E-state index contributed by atoms with van der Waals surface area (Å²) in [4.78, 5) is 10.4. The van der Waals surface area contributed by atoms with Gasteiger partial charge >= 0.3 is 0 Å². The Morgan fingerprint density at radius 1 is 1.31 bits per heavy atom. The fourth-order valence-electron chi connectivity index (χ4n) is 1.14. The third-order valence-corrected chi connectivity index (χ3v) is 1.78. The highest BCUT2D eigenvalue weighted by Crippen LogP contribution is 2.16.